The van der Waals surface area contributed by atoms with Crippen molar-refractivity contribution >= 4 is 32.7 Å². The van der Waals surface area contributed by atoms with Gasteiger partial charge in [-0.05, 0) is 41.2 Å². The average molecular weight is 319 g/mol. The second kappa shape index (κ2) is 4.97. The van der Waals surface area contributed by atoms with E-state index < -0.39 is 0 Å². The van der Waals surface area contributed by atoms with Gasteiger partial charge >= 0.3 is 5.97 Å². The van der Waals surface area contributed by atoms with E-state index in [0.29, 0.717) is 5.92 Å². The van der Waals surface area contributed by atoms with Crippen molar-refractivity contribution in [2.45, 2.75) is 18.8 Å². The Labute approximate surface area is 120 Å². The molecule has 98 valence electrons. The Morgan fingerprint density at radius 1 is 1.21 bits per heavy atom. The molecule has 0 heterocycles. The van der Waals surface area contributed by atoms with Gasteiger partial charge in [-0.15, -0.1) is 0 Å². The number of hydrogen-bond acceptors (Lipinski definition) is 2. The number of esters is 1. The number of carbonyl (C=O) groups excluding carboxylic acids is 1. The van der Waals surface area contributed by atoms with Gasteiger partial charge in [0, 0.05) is 4.47 Å². The van der Waals surface area contributed by atoms with Crippen molar-refractivity contribution in [1.29, 1.82) is 0 Å². The summed E-state index contributed by atoms with van der Waals surface area (Å²) in [4.78, 5) is 12.1. The summed E-state index contributed by atoms with van der Waals surface area (Å²) in [5.74, 6) is 0.204. The first-order valence-electron chi connectivity index (χ1n) is 6.47. The van der Waals surface area contributed by atoms with Gasteiger partial charge in [0.05, 0.1) is 13.0 Å². The van der Waals surface area contributed by atoms with Crippen molar-refractivity contribution in [3.8, 4) is 0 Å². The topological polar surface area (TPSA) is 26.3 Å². The normalized spacial score (nSPS) is 16.3. The number of carbonyl (C=O) groups is 1. The average Bonchev–Trinajstić information content (AvgIpc) is 3.26. The Morgan fingerprint density at radius 3 is 2.53 bits per heavy atom. The first-order chi connectivity index (χ1) is 9.22. The lowest BCUT2D eigenvalue weighted by Gasteiger charge is -2.17. The van der Waals surface area contributed by atoms with E-state index in [1.807, 2.05) is 24.3 Å². The zero-order valence-corrected chi connectivity index (χ0v) is 12.3. The van der Waals surface area contributed by atoms with Crippen LogP contribution in [0.2, 0.25) is 0 Å². The predicted octanol–water partition coefficient (Wildman–Crippen LogP) is 4.27. The maximum Gasteiger partial charge on any atom is 0.313 e. The van der Waals surface area contributed by atoms with E-state index in [0.717, 1.165) is 33.7 Å². The summed E-state index contributed by atoms with van der Waals surface area (Å²) >= 11 is 3.57. The van der Waals surface area contributed by atoms with E-state index in [4.69, 9.17) is 4.74 Å². The van der Waals surface area contributed by atoms with Crippen LogP contribution in [0.25, 0.3) is 10.8 Å². The van der Waals surface area contributed by atoms with Crippen LogP contribution in [0.3, 0.4) is 0 Å². The fourth-order valence-corrected chi connectivity index (χ4v) is 3.16. The lowest BCUT2D eigenvalue weighted by molar-refractivity contribution is -0.142. The molecule has 3 heteroatoms. The highest BCUT2D eigenvalue weighted by Crippen LogP contribution is 2.45. The third-order valence-electron chi connectivity index (χ3n) is 3.79. The fraction of sp³-hybridized carbons (Fsp3) is 0.312. The number of halogens is 1. The van der Waals surface area contributed by atoms with Gasteiger partial charge in [-0.1, -0.05) is 46.3 Å². The summed E-state index contributed by atoms with van der Waals surface area (Å²) in [5, 5.41) is 2.29. The highest BCUT2D eigenvalue weighted by atomic mass is 79.9. The molecule has 1 fully saturated rings. The third-order valence-corrected chi connectivity index (χ3v) is 4.48. The zero-order chi connectivity index (χ0) is 13.4. The predicted molar refractivity (Wildman–Crippen MR) is 79.1 cm³/mol. The van der Waals surface area contributed by atoms with Crippen LogP contribution in [0.4, 0.5) is 0 Å². The van der Waals surface area contributed by atoms with E-state index >= 15 is 0 Å². The van der Waals surface area contributed by atoms with Crippen molar-refractivity contribution in [2.24, 2.45) is 5.92 Å². The Hall–Kier alpha value is -1.35. The van der Waals surface area contributed by atoms with Crippen LogP contribution in [0.1, 0.15) is 24.3 Å². The molecule has 0 amide bonds. The molecule has 0 radical (unpaired) electrons. The minimum Gasteiger partial charge on any atom is -0.469 e. The summed E-state index contributed by atoms with van der Waals surface area (Å²) < 4.78 is 6.06. The van der Waals surface area contributed by atoms with Crippen LogP contribution in [0.15, 0.2) is 40.9 Å². The van der Waals surface area contributed by atoms with E-state index in [2.05, 4.69) is 28.1 Å². The number of ether oxygens (including phenoxy) is 1. The van der Waals surface area contributed by atoms with E-state index in [9.17, 15) is 4.79 Å². The Bertz CT molecular complexity index is 632. The molecule has 1 atom stereocenters. The third kappa shape index (κ3) is 2.27. The van der Waals surface area contributed by atoms with Gasteiger partial charge in [-0.3, -0.25) is 4.79 Å². The van der Waals surface area contributed by atoms with Gasteiger partial charge in [-0.25, -0.2) is 0 Å². The number of fused-ring (bicyclic) bond motifs is 1. The SMILES string of the molecule is COC(=O)C(c1ccc(Br)c2ccccc12)C1CC1. The molecule has 1 saturated carbocycles. The molecule has 2 aromatic carbocycles. The molecule has 0 N–H and O–H groups in total. The first-order valence-corrected chi connectivity index (χ1v) is 7.26. The van der Waals surface area contributed by atoms with Crippen molar-refractivity contribution in [2.75, 3.05) is 7.11 Å². The van der Waals surface area contributed by atoms with Gasteiger partial charge in [0.2, 0.25) is 0 Å². The lowest BCUT2D eigenvalue weighted by Crippen LogP contribution is -2.16. The summed E-state index contributed by atoms with van der Waals surface area (Å²) in [6, 6.07) is 12.3. The van der Waals surface area contributed by atoms with Crippen molar-refractivity contribution < 1.29 is 9.53 Å². The van der Waals surface area contributed by atoms with Crippen molar-refractivity contribution in [3.05, 3.63) is 46.4 Å². The maximum atomic E-state index is 12.1. The molecule has 1 aliphatic carbocycles. The highest BCUT2D eigenvalue weighted by molar-refractivity contribution is 9.10. The largest absolute Gasteiger partial charge is 0.469 e. The molecule has 0 aliphatic heterocycles. The van der Waals surface area contributed by atoms with Crippen molar-refractivity contribution in [3.63, 3.8) is 0 Å². The molecule has 1 aliphatic rings. The molecule has 3 rings (SSSR count). The van der Waals surface area contributed by atoms with E-state index in [1.165, 1.54) is 7.11 Å². The summed E-state index contributed by atoms with van der Waals surface area (Å²) in [7, 11) is 1.47. The van der Waals surface area contributed by atoms with Gasteiger partial charge in [-0.2, -0.15) is 0 Å². The Kier molecular flexibility index (Phi) is 3.31. The molecular weight excluding hydrogens is 304 g/mol. The lowest BCUT2D eigenvalue weighted by atomic mass is 9.90. The first kappa shape index (κ1) is 12.7. The quantitative estimate of drug-likeness (QED) is 0.790. The van der Waals surface area contributed by atoms with Crippen LogP contribution in [0, 0.1) is 5.92 Å². The molecule has 0 bridgehead atoms. The van der Waals surface area contributed by atoms with Gasteiger partial charge in [0.15, 0.2) is 0 Å². The summed E-state index contributed by atoms with van der Waals surface area (Å²) in [6.07, 6.45) is 2.23. The number of hydrogen-bond donors (Lipinski definition) is 0. The van der Waals surface area contributed by atoms with Crippen LogP contribution in [0.5, 0.6) is 0 Å². The van der Waals surface area contributed by atoms with Gasteiger partial charge in [0.1, 0.15) is 0 Å². The van der Waals surface area contributed by atoms with E-state index in [1.54, 1.807) is 0 Å². The van der Waals surface area contributed by atoms with Crippen LogP contribution < -0.4 is 0 Å². The molecule has 1 unspecified atom stereocenters. The molecule has 19 heavy (non-hydrogen) atoms. The molecule has 0 spiro atoms. The van der Waals surface area contributed by atoms with Gasteiger partial charge in [0.25, 0.3) is 0 Å². The second-order valence-electron chi connectivity index (χ2n) is 5.02. The zero-order valence-electron chi connectivity index (χ0n) is 10.7. The number of rotatable bonds is 3. The van der Waals surface area contributed by atoms with Crippen molar-refractivity contribution in [1.82, 2.24) is 0 Å². The van der Waals surface area contributed by atoms with Crippen LogP contribution >= 0.6 is 15.9 Å². The summed E-state index contributed by atoms with van der Waals surface area (Å²) in [6.45, 7) is 0. The van der Waals surface area contributed by atoms with Crippen LogP contribution in [-0.4, -0.2) is 13.1 Å². The Balaban J connectivity index is 2.18. The smallest absolute Gasteiger partial charge is 0.313 e. The minimum atomic E-state index is -0.122. The monoisotopic (exact) mass is 318 g/mol. The Morgan fingerprint density at radius 2 is 1.89 bits per heavy atom. The molecule has 0 saturated heterocycles. The standard InChI is InChI=1S/C16H15BrO2/c1-19-16(18)15(10-6-7-10)13-8-9-14(17)12-5-3-2-4-11(12)13/h2-5,8-10,15H,6-7H2,1H3. The fourth-order valence-electron chi connectivity index (χ4n) is 2.69. The molecule has 2 nitrogen and oxygen atoms in total. The molecular formula is C16H15BrO2. The molecule has 0 aromatic heterocycles. The second-order valence-corrected chi connectivity index (χ2v) is 5.87. The highest BCUT2D eigenvalue weighted by Gasteiger charge is 2.38. The number of benzene rings is 2. The molecule has 2 aromatic rings. The van der Waals surface area contributed by atoms with Crippen LogP contribution in [-0.2, 0) is 9.53 Å². The maximum absolute atomic E-state index is 12.1. The number of methoxy groups -OCH3 is 1. The summed E-state index contributed by atoms with van der Waals surface area (Å²) in [5.41, 5.74) is 1.09. The van der Waals surface area contributed by atoms with Gasteiger partial charge < -0.3 is 4.74 Å². The van der Waals surface area contributed by atoms with E-state index in [-0.39, 0.29) is 11.9 Å². The minimum absolute atomic E-state index is 0.116.